The number of carbonyl (C=O) groups excluding carboxylic acids is 1. The predicted octanol–water partition coefficient (Wildman–Crippen LogP) is 4.66. The van der Waals surface area contributed by atoms with Crippen molar-refractivity contribution in [3.8, 4) is 11.4 Å². The average Bonchev–Trinajstić information content (AvgIpc) is 3.18. The molecule has 30 heavy (non-hydrogen) atoms. The molecule has 0 radical (unpaired) electrons. The van der Waals surface area contributed by atoms with Gasteiger partial charge in [-0.25, -0.2) is 13.4 Å². The number of amides is 1. The lowest BCUT2D eigenvalue weighted by molar-refractivity contribution is 0.102. The highest BCUT2D eigenvalue weighted by molar-refractivity contribution is 7.92. The van der Waals surface area contributed by atoms with Gasteiger partial charge in [0, 0.05) is 16.8 Å². The minimum atomic E-state index is -3.45. The van der Waals surface area contributed by atoms with Crippen LogP contribution in [0, 0.1) is 0 Å². The third-order valence-corrected chi connectivity index (χ3v) is 6.98. The highest BCUT2D eigenvalue weighted by atomic mass is 32.2. The Morgan fingerprint density at radius 1 is 0.967 bits per heavy atom. The van der Waals surface area contributed by atoms with E-state index in [0.29, 0.717) is 11.5 Å². The number of fused-ring (bicyclic) bond motifs is 1. The first-order valence-electron chi connectivity index (χ1n) is 9.55. The minimum Gasteiger partial charge on any atom is -0.338 e. The van der Waals surface area contributed by atoms with Crippen LogP contribution in [0.2, 0.25) is 0 Å². The van der Waals surface area contributed by atoms with Gasteiger partial charge < -0.3 is 10.3 Å². The van der Waals surface area contributed by atoms with Crippen LogP contribution in [0.3, 0.4) is 0 Å². The number of hydrogen-bond donors (Lipinski definition) is 2. The van der Waals surface area contributed by atoms with Crippen LogP contribution in [0.1, 0.15) is 24.2 Å². The van der Waals surface area contributed by atoms with Crippen LogP contribution in [0.25, 0.3) is 22.4 Å². The van der Waals surface area contributed by atoms with E-state index in [-0.39, 0.29) is 16.4 Å². The molecule has 1 heterocycles. The van der Waals surface area contributed by atoms with Gasteiger partial charge in [0.1, 0.15) is 5.82 Å². The smallest absolute Gasteiger partial charge is 0.255 e. The number of para-hydroxylation sites is 2. The number of benzene rings is 3. The first-order chi connectivity index (χ1) is 14.3. The number of aromatic amines is 1. The number of nitrogens with one attached hydrogen (secondary N) is 2. The fourth-order valence-corrected chi connectivity index (χ4v) is 4.23. The predicted molar refractivity (Wildman–Crippen MR) is 118 cm³/mol. The average molecular weight is 420 g/mol. The second kappa shape index (κ2) is 7.76. The summed E-state index contributed by atoms with van der Waals surface area (Å²) in [6.45, 7) is 3.23. The summed E-state index contributed by atoms with van der Waals surface area (Å²) in [6.07, 6.45) is 0. The standard InChI is InChI=1S/C23H21N3O3S/c1-15(2)30(28,29)19-10-6-8-17(14-19)23(27)24-18-9-5-7-16(13-18)22-25-20-11-3-4-12-21(20)26-22/h3-15H,1-2H3,(H,24,27)(H,25,26). The molecule has 0 saturated heterocycles. The van der Waals surface area contributed by atoms with Gasteiger partial charge >= 0.3 is 0 Å². The largest absolute Gasteiger partial charge is 0.338 e. The Labute approximate surface area is 174 Å². The summed E-state index contributed by atoms with van der Waals surface area (Å²) in [5.74, 6) is 0.329. The monoisotopic (exact) mass is 419 g/mol. The lowest BCUT2D eigenvalue weighted by Crippen LogP contribution is -2.16. The molecule has 0 fully saturated rings. The van der Waals surface area contributed by atoms with Gasteiger partial charge in [0.2, 0.25) is 0 Å². The van der Waals surface area contributed by atoms with Gasteiger partial charge in [0.05, 0.1) is 21.2 Å². The fraction of sp³-hybridized carbons (Fsp3) is 0.130. The molecule has 4 rings (SSSR count). The minimum absolute atomic E-state index is 0.140. The summed E-state index contributed by atoms with van der Waals surface area (Å²) >= 11 is 0. The van der Waals surface area contributed by atoms with Crippen molar-refractivity contribution in [1.29, 1.82) is 0 Å². The number of sulfone groups is 1. The maximum Gasteiger partial charge on any atom is 0.255 e. The highest BCUT2D eigenvalue weighted by Crippen LogP contribution is 2.24. The van der Waals surface area contributed by atoms with Crippen molar-refractivity contribution in [2.45, 2.75) is 24.0 Å². The molecule has 1 amide bonds. The van der Waals surface area contributed by atoms with Gasteiger partial charge in [-0.1, -0.05) is 30.3 Å². The van der Waals surface area contributed by atoms with Crippen LogP contribution in [0.4, 0.5) is 5.69 Å². The molecule has 6 nitrogen and oxygen atoms in total. The lowest BCUT2D eigenvalue weighted by Gasteiger charge is -2.10. The number of rotatable bonds is 5. The van der Waals surface area contributed by atoms with Crippen molar-refractivity contribution in [2.24, 2.45) is 0 Å². The van der Waals surface area contributed by atoms with E-state index >= 15 is 0 Å². The van der Waals surface area contributed by atoms with E-state index in [0.717, 1.165) is 16.6 Å². The molecule has 0 aliphatic rings. The van der Waals surface area contributed by atoms with Crippen LogP contribution in [-0.4, -0.2) is 29.5 Å². The molecule has 0 spiro atoms. The Kier molecular flexibility index (Phi) is 5.13. The van der Waals surface area contributed by atoms with Gasteiger partial charge in [0.15, 0.2) is 9.84 Å². The van der Waals surface area contributed by atoms with Crippen molar-refractivity contribution in [1.82, 2.24) is 9.97 Å². The summed E-state index contributed by atoms with van der Waals surface area (Å²) in [4.78, 5) is 20.7. The summed E-state index contributed by atoms with van der Waals surface area (Å²) in [5, 5.41) is 2.28. The quantitative estimate of drug-likeness (QED) is 0.492. The van der Waals surface area contributed by atoms with Crippen LogP contribution in [-0.2, 0) is 9.84 Å². The lowest BCUT2D eigenvalue weighted by atomic mass is 10.1. The molecule has 0 aliphatic carbocycles. The molecule has 3 aromatic carbocycles. The first kappa shape index (κ1) is 19.8. The molecule has 0 atom stereocenters. The topological polar surface area (TPSA) is 91.9 Å². The maximum absolute atomic E-state index is 12.7. The molecule has 4 aromatic rings. The molecule has 1 aromatic heterocycles. The summed E-state index contributed by atoms with van der Waals surface area (Å²) in [7, 11) is -3.45. The molecule has 0 aliphatic heterocycles. The molecular weight excluding hydrogens is 398 g/mol. The Balaban J connectivity index is 1.59. The van der Waals surface area contributed by atoms with Crippen molar-refractivity contribution in [2.75, 3.05) is 5.32 Å². The summed E-state index contributed by atoms with van der Waals surface area (Å²) < 4.78 is 24.8. The zero-order chi connectivity index (χ0) is 21.3. The Bertz CT molecular complexity index is 1310. The van der Waals surface area contributed by atoms with Crippen molar-refractivity contribution < 1.29 is 13.2 Å². The van der Waals surface area contributed by atoms with E-state index in [1.54, 1.807) is 32.0 Å². The molecule has 0 bridgehead atoms. The number of hydrogen-bond acceptors (Lipinski definition) is 4. The van der Waals surface area contributed by atoms with E-state index in [1.807, 2.05) is 42.5 Å². The number of H-pyrrole nitrogens is 1. The molecule has 2 N–H and O–H groups in total. The van der Waals surface area contributed by atoms with E-state index in [4.69, 9.17) is 0 Å². The molecular formula is C23H21N3O3S. The third kappa shape index (κ3) is 3.84. The summed E-state index contributed by atoms with van der Waals surface area (Å²) in [5.41, 5.74) is 3.51. The van der Waals surface area contributed by atoms with Crippen molar-refractivity contribution in [3.05, 3.63) is 78.4 Å². The van der Waals surface area contributed by atoms with Crippen LogP contribution in [0.15, 0.2) is 77.7 Å². The third-order valence-electron chi connectivity index (χ3n) is 4.83. The first-order valence-corrected chi connectivity index (χ1v) is 11.1. The Morgan fingerprint density at radius 3 is 2.50 bits per heavy atom. The van der Waals surface area contributed by atoms with Gasteiger partial charge in [-0.05, 0) is 56.3 Å². The zero-order valence-corrected chi connectivity index (χ0v) is 17.4. The number of aromatic nitrogens is 2. The van der Waals surface area contributed by atoms with Gasteiger partial charge in [-0.15, -0.1) is 0 Å². The zero-order valence-electron chi connectivity index (χ0n) is 16.6. The van der Waals surface area contributed by atoms with Gasteiger partial charge in [0.25, 0.3) is 5.91 Å². The number of anilines is 1. The second-order valence-corrected chi connectivity index (χ2v) is 9.76. The number of nitrogens with zero attached hydrogens (tertiary/aromatic N) is 1. The molecule has 152 valence electrons. The maximum atomic E-state index is 12.7. The van der Waals surface area contributed by atoms with Crippen LogP contribution >= 0.6 is 0 Å². The molecule has 0 unspecified atom stereocenters. The Hall–Kier alpha value is -3.45. The van der Waals surface area contributed by atoms with E-state index in [1.165, 1.54) is 12.1 Å². The van der Waals surface area contributed by atoms with E-state index in [2.05, 4.69) is 15.3 Å². The number of imidazole rings is 1. The SMILES string of the molecule is CC(C)S(=O)(=O)c1cccc(C(=O)Nc2cccc(-c3nc4ccccc4[nH]3)c2)c1. The fourth-order valence-electron chi connectivity index (χ4n) is 3.12. The molecule has 0 saturated carbocycles. The molecule has 7 heteroatoms. The van der Waals surface area contributed by atoms with Crippen LogP contribution < -0.4 is 5.32 Å². The number of carbonyl (C=O) groups is 1. The van der Waals surface area contributed by atoms with Crippen molar-refractivity contribution >= 4 is 32.5 Å². The summed E-state index contributed by atoms with van der Waals surface area (Å²) in [6, 6.07) is 21.2. The normalized spacial score (nSPS) is 11.7. The van der Waals surface area contributed by atoms with Crippen molar-refractivity contribution in [3.63, 3.8) is 0 Å². The van der Waals surface area contributed by atoms with Crippen LogP contribution in [0.5, 0.6) is 0 Å². The van der Waals surface area contributed by atoms with E-state index < -0.39 is 15.1 Å². The Morgan fingerprint density at radius 2 is 1.73 bits per heavy atom. The highest BCUT2D eigenvalue weighted by Gasteiger charge is 2.20. The van der Waals surface area contributed by atoms with E-state index in [9.17, 15) is 13.2 Å². The second-order valence-electron chi connectivity index (χ2n) is 7.26. The van der Waals surface area contributed by atoms with Gasteiger partial charge in [-0.3, -0.25) is 4.79 Å². The van der Waals surface area contributed by atoms with Gasteiger partial charge in [-0.2, -0.15) is 0 Å².